The molecule has 0 bridgehead atoms. The summed E-state index contributed by atoms with van der Waals surface area (Å²) in [6.07, 6.45) is 0.508. The second-order valence-corrected chi connectivity index (χ2v) is 3.91. The second-order valence-electron chi connectivity index (χ2n) is 3.91. The molecule has 1 aromatic rings. The van der Waals surface area contributed by atoms with Crippen molar-refractivity contribution in [2.45, 2.75) is 19.1 Å². The van der Waals surface area contributed by atoms with Crippen molar-refractivity contribution < 1.29 is 18.7 Å². The molecular weight excluding hydrogens is 239 g/mol. The average molecular weight is 254 g/mol. The summed E-state index contributed by atoms with van der Waals surface area (Å²) in [6, 6.07) is 5.68. The van der Waals surface area contributed by atoms with Crippen molar-refractivity contribution in [1.29, 1.82) is 0 Å². The molecule has 2 rings (SSSR count). The number of nitrogens with one attached hydrogen (secondary N) is 2. The smallest absolute Gasteiger partial charge is 0.243 e. The van der Waals surface area contributed by atoms with Crippen molar-refractivity contribution in [3.05, 3.63) is 30.1 Å². The van der Waals surface area contributed by atoms with E-state index < -0.39 is 6.29 Å². The van der Waals surface area contributed by atoms with Gasteiger partial charge in [-0.05, 0) is 30.7 Å². The first kappa shape index (κ1) is 12.8. The summed E-state index contributed by atoms with van der Waals surface area (Å²) in [5, 5.41) is 0. The Morgan fingerprint density at radius 2 is 1.94 bits per heavy atom. The van der Waals surface area contributed by atoms with Gasteiger partial charge in [-0.1, -0.05) is 0 Å². The molecule has 1 heterocycles. The molecule has 18 heavy (non-hydrogen) atoms. The maximum Gasteiger partial charge on any atom is 0.243 e. The third-order valence-electron chi connectivity index (χ3n) is 2.44. The van der Waals surface area contributed by atoms with Crippen LogP contribution in [0.25, 0.3) is 0 Å². The van der Waals surface area contributed by atoms with E-state index in [4.69, 9.17) is 9.47 Å². The Morgan fingerprint density at radius 1 is 1.28 bits per heavy atom. The van der Waals surface area contributed by atoms with Crippen LogP contribution in [0.1, 0.15) is 12.8 Å². The Balaban J connectivity index is 1.72. The van der Waals surface area contributed by atoms with Crippen molar-refractivity contribution in [2.24, 2.45) is 0 Å². The number of hydrazine groups is 1. The molecule has 1 fully saturated rings. The SMILES string of the molecule is O=C(CC1OCCCO1)NNc1ccc(F)cc1. The Bertz CT molecular complexity index is 391. The Kier molecular flexibility index (Phi) is 4.49. The summed E-state index contributed by atoms with van der Waals surface area (Å²) >= 11 is 0. The molecule has 1 aromatic carbocycles. The van der Waals surface area contributed by atoms with E-state index >= 15 is 0 Å². The van der Waals surface area contributed by atoms with E-state index in [1.54, 1.807) is 0 Å². The fourth-order valence-corrected chi connectivity index (χ4v) is 1.53. The topological polar surface area (TPSA) is 59.6 Å². The molecule has 1 aliphatic rings. The average Bonchev–Trinajstić information content (AvgIpc) is 2.39. The number of amides is 1. The standard InChI is InChI=1S/C12H15FN2O3/c13-9-2-4-10(5-3-9)14-15-11(16)8-12-17-6-1-7-18-12/h2-5,12,14H,1,6-8H2,(H,15,16). The number of halogens is 1. The van der Waals surface area contributed by atoms with Gasteiger partial charge in [0.15, 0.2) is 6.29 Å². The van der Waals surface area contributed by atoms with Gasteiger partial charge in [-0.2, -0.15) is 0 Å². The zero-order chi connectivity index (χ0) is 12.8. The van der Waals surface area contributed by atoms with Gasteiger partial charge >= 0.3 is 0 Å². The van der Waals surface area contributed by atoms with E-state index in [1.165, 1.54) is 24.3 Å². The van der Waals surface area contributed by atoms with Crippen molar-refractivity contribution in [3.8, 4) is 0 Å². The highest BCUT2D eigenvalue weighted by Gasteiger charge is 2.17. The lowest BCUT2D eigenvalue weighted by molar-refractivity contribution is -0.183. The van der Waals surface area contributed by atoms with Crippen LogP contribution in [-0.4, -0.2) is 25.4 Å². The third-order valence-corrected chi connectivity index (χ3v) is 2.44. The molecule has 1 aliphatic heterocycles. The Morgan fingerprint density at radius 3 is 2.61 bits per heavy atom. The normalized spacial score (nSPS) is 16.3. The molecule has 0 aromatic heterocycles. The van der Waals surface area contributed by atoms with Crippen LogP contribution in [0.5, 0.6) is 0 Å². The molecule has 98 valence electrons. The number of hydrogen-bond donors (Lipinski definition) is 2. The Labute approximate surface area is 104 Å². The summed E-state index contributed by atoms with van der Waals surface area (Å²) in [5.41, 5.74) is 5.78. The van der Waals surface area contributed by atoms with Gasteiger partial charge in [0, 0.05) is 0 Å². The Hall–Kier alpha value is -1.66. The number of ether oxygens (including phenoxy) is 2. The lowest BCUT2D eigenvalue weighted by Gasteiger charge is -2.22. The maximum absolute atomic E-state index is 12.6. The minimum atomic E-state index is -0.478. The molecule has 0 aliphatic carbocycles. The largest absolute Gasteiger partial charge is 0.352 e. The second kappa shape index (κ2) is 6.32. The minimum absolute atomic E-state index is 0.133. The van der Waals surface area contributed by atoms with E-state index in [9.17, 15) is 9.18 Å². The first-order valence-electron chi connectivity index (χ1n) is 5.78. The van der Waals surface area contributed by atoms with E-state index in [1.807, 2.05) is 0 Å². The summed E-state index contributed by atoms with van der Waals surface area (Å²) in [6.45, 7) is 1.23. The highest BCUT2D eigenvalue weighted by atomic mass is 19.1. The van der Waals surface area contributed by atoms with E-state index in [-0.39, 0.29) is 18.1 Å². The van der Waals surface area contributed by atoms with Gasteiger partial charge in [0.1, 0.15) is 5.82 Å². The van der Waals surface area contributed by atoms with Crippen LogP contribution in [0.15, 0.2) is 24.3 Å². The van der Waals surface area contributed by atoms with Gasteiger partial charge < -0.3 is 9.47 Å². The van der Waals surface area contributed by atoms with Crippen molar-refractivity contribution in [1.82, 2.24) is 5.43 Å². The van der Waals surface area contributed by atoms with Crippen molar-refractivity contribution in [3.63, 3.8) is 0 Å². The van der Waals surface area contributed by atoms with Gasteiger partial charge in [0.05, 0.1) is 25.3 Å². The number of hydrogen-bond acceptors (Lipinski definition) is 4. The van der Waals surface area contributed by atoms with E-state index in [2.05, 4.69) is 10.9 Å². The predicted octanol–water partition coefficient (Wildman–Crippen LogP) is 1.42. The molecule has 1 amide bonds. The zero-order valence-electron chi connectivity index (χ0n) is 9.82. The van der Waals surface area contributed by atoms with Crippen molar-refractivity contribution in [2.75, 3.05) is 18.6 Å². The molecular formula is C12H15FN2O3. The summed E-state index contributed by atoms with van der Waals surface area (Å²) in [4.78, 5) is 11.5. The maximum atomic E-state index is 12.6. The van der Waals surface area contributed by atoms with Gasteiger partial charge in [0.25, 0.3) is 0 Å². The highest BCUT2D eigenvalue weighted by Crippen LogP contribution is 2.09. The number of carbonyl (C=O) groups excluding carboxylic acids is 1. The molecule has 0 atom stereocenters. The van der Waals surface area contributed by atoms with Crippen LogP contribution in [0.3, 0.4) is 0 Å². The number of benzene rings is 1. The van der Waals surface area contributed by atoms with Crippen LogP contribution in [0.2, 0.25) is 0 Å². The van der Waals surface area contributed by atoms with Gasteiger partial charge in [0.2, 0.25) is 5.91 Å². The molecule has 0 spiro atoms. The first-order chi connectivity index (χ1) is 8.74. The monoisotopic (exact) mass is 254 g/mol. The quantitative estimate of drug-likeness (QED) is 0.798. The summed E-state index contributed by atoms with van der Waals surface area (Å²) < 4.78 is 23.2. The molecule has 5 nitrogen and oxygen atoms in total. The molecule has 0 unspecified atom stereocenters. The summed E-state index contributed by atoms with van der Waals surface area (Å²) in [7, 11) is 0. The van der Waals surface area contributed by atoms with Gasteiger partial charge in [-0.15, -0.1) is 0 Å². The third kappa shape index (κ3) is 3.97. The van der Waals surface area contributed by atoms with Gasteiger partial charge in [-0.3, -0.25) is 15.6 Å². The minimum Gasteiger partial charge on any atom is -0.352 e. The predicted molar refractivity (Wildman–Crippen MR) is 63.1 cm³/mol. The van der Waals surface area contributed by atoms with Crippen molar-refractivity contribution >= 4 is 11.6 Å². The van der Waals surface area contributed by atoms with Gasteiger partial charge in [-0.25, -0.2) is 4.39 Å². The molecule has 6 heteroatoms. The zero-order valence-corrected chi connectivity index (χ0v) is 9.82. The first-order valence-corrected chi connectivity index (χ1v) is 5.78. The lowest BCUT2D eigenvalue weighted by Crippen LogP contribution is -2.35. The number of anilines is 1. The van der Waals surface area contributed by atoms with Crippen LogP contribution < -0.4 is 10.9 Å². The molecule has 2 N–H and O–H groups in total. The van der Waals surface area contributed by atoms with Crippen LogP contribution in [0.4, 0.5) is 10.1 Å². The molecule has 0 saturated carbocycles. The van der Waals surface area contributed by atoms with Crippen LogP contribution in [0, 0.1) is 5.82 Å². The number of carbonyl (C=O) groups is 1. The fourth-order valence-electron chi connectivity index (χ4n) is 1.53. The van der Waals surface area contributed by atoms with E-state index in [0.29, 0.717) is 18.9 Å². The fraction of sp³-hybridized carbons (Fsp3) is 0.417. The van der Waals surface area contributed by atoms with Crippen LogP contribution >= 0.6 is 0 Å². The molecule has 1 saturated heterocycles. The van der Waals surface area contributed by atoms with E-state index in [0.717, 1.165) is 6.42 Å². The van der Waals surface area contributed by atoms with Crippen LogP contribution in [-0.2, 0) is 14.3 Å². The summed E-state index contributed by atoms with van der Waals surface area (Å²) in [5.74, 6) is -0.567. The highest BCUT2D eigenvalue weighted by molar-refractivity contribution is 5.77. The molecule has 0 radical (unpaired) electrons. The lowest BCUT2D eigenvalue weighted by atomic mass is 10.3. The number of rotatable bonds is 4.